The van der Waals surface area contributed by atoms with E-state index >= 15 is 0 Å². The van der Waals surface area contributed by atoms with Gasteiger partial charge in [-0.15, -0.1) is 0 Å². The van der Waals surface area contributed by atoms with Crippen LogP contribution in [0.1, 0.15) is 39.5 Å². The lowest BCUT2D eigenvalue weighted by atomic mass is 10.1. The van der Waals surface area contributed by atoms with Crippen LogP contribution in [-0.2, 0) is 43.2 Å². The maximum atomic E-state index is 12.2. The predicted molar refractivity (Wildman–Crippen MR) is 113 cm³/mol. The molecule has 0 aliphatic heterocycles. The molecule has 0 aromatic carbocycles. The molecule has 8 N–H and O–H groups in total. The van der Waals surface area contributed by atoms with Crippen molar-refractivity contribution in [2.24, 2.45) is 0 Å². The molecular formula is C19H26N4O13. The Bertz CT molecular complexity index is 860. The molecule has 4 unspecified atom stereocenters. The molecule has 200 valence electrons. The summed E-state index contributed by atoms with van der Waals surface area (Å²) < 4.78 is 0. The standard InChI is InChI=1S/C19H26N4O13/c1-7(24)3-9(16(29)30)21-14(27)5-11(18(33)34)23-15(28)6-12(19(35)36)22-13(26)4-10(17(31)32)20-8(2)25/h9-12H,3-6H2,1-2H3,(H,20,25)(H,21,27)(H,22,26)(H,23,28)(H,29,30)(H,31,32)(H,33,34)(H,35,36). The van der Waals surface area contributed by atoms with E-state index in [2.05, 4.69) is 0 Å². The lowest BCUT2D eigenvalue weighted by Gasteiger charge is -2.19. The molecule has 0 aliphatic rings. The molecule has 0 saturated carbocycles. The fourth-order valence-corrected chi connectivity index (χ4v) is 2.65. The summed E-state index contributed by atoms with van der Waals surface area (Å²) in [5.74, 6) is -11.5. The third-order valence-electron chi connectivity index (χ3n) is 4.24. The summed E-state index contributed by atoms with van der Waals surface area (Å²) in [5, 5.41) is 44.1. The molecule has 4 amide bonds. The molecule has 0 spiro atoms. The number of aliphatic carboxylic acids is 4. The van der Waals surface area contributed by atoms with E-state index in [9.17, 15) is 53.4 Å². The van der Waals surface area contributed by atoms with E-state index in [1.165, 1.54) is 0 Å². The van der Waals surface area contributed by atoms with Gasteiger partial charge in [-0.2, -0.15) is 0 Å². The molecular weight excluding hydrogens is 492 g/mol. The average molecular weight is 518 g/mol. The van der Waals surface area contributed by atoms with E-state index in [0.717, 1.165) is 13.8 Å². The van der Waals surface area contributed by atoms with Crippen LogP contribution in [0.4, 0.5) is 0 Å². The highest BCUT2D eigenvalue weighted by Gasteiger charge is 2.31. The minimum atomic E-state index is -1.93. The Morgan fingerprint density at radius 2 is 0.722 bits per heavy atom. The molecule has 0 radical (unpaired) electrons. The summed E-state index contributed by atoms with van der Waals surface area (Å²) >= 11 is 0. The highest BCUT2D eigenvalue weighted by atomic mass is 16.4. The molecule has 0 aromatic rings. The van der Waals surface area contributed by atoms with Gasteiger partial charge in [-0.3, -0.25) is 24.0 Å². The molecule has 0 saturated heterocycles. The van der Waals surface area contributed by atoms with Crippen molar-refractivity contribution >= 4 is 53.3 Å². The van der Waals surface area contributed by atoms with Crippen molar-refractivity contribution < 1.29 is 63.6 Å². The van der Waals surface area contributed by atoms with E-state index in [1.807, 2.05) is 21.3 Å². The highest BCUT2D eigenvalue weighted by molar-refractivity contribution is 5.94. The molecule has 0 rings (SSSR count). The quantitative estimate of drug-likeness (QED) is 0.0982. The number of carboxylic acids is 4. The van der Waals surface area contributed by atoms with E-state index in [4.69, 9.17) is 10.2 Å². The van der Waals surface area contributed by atoms with Gasteiger partial charge in [0.1, 0.15) is 30.0 Å². The first kappa shape index (κ1) is 31.4. The molecule has 0 heterocycles. The molecule has 0 aromatic heterocycles. The second-order valence-corrected chi connectivity index (χ2v) is 7.48. The van der Waals surface area contributed by atoms with E-state index in [0.29, 0.717) is 0 Å². The second-order valence-electron chi connectivity index (χ2n) is 7.48. The Balaban J connectivity index is 5.18. The number of carboxylic acid groups (broad SMARTS) is 4. The van der Waals surface area contributed by atoms with Crippen LogP contribution in [0.15, 0.2) is 0 Å². The van der Waals surface area contributed by atoms with Gasteiger partial charge in [0.05, 0.1) is 19.3 Å². The summed E-state index contributed by atoms with van der Waals surface area (Å²) in [4.78, 5) is 103. The van der Waals surface area contributed by atoms with Crippen molar-refractivity contribution in [3.8, 4) is 0 Å². The first-order chi connectivity index (χ1) is 16.5. The van der Waals surface area contributed by atoms with Crippen molar-refractivity contribution in [2.45, 2.75) is 63.7 Å². The van der Waals surface area contributed by atoms with Crippen LogP contribution in [0.2, 0.25) is 0 Å². The number of rotatable bonds is 16. The molecule has 0 fully saturated rings. The number of hydrogen-bond donors (Lipinski definition) is 8. The van der Waals surface area contributed by atoms with Gasteiger partial charge in [0.15, 0.2) is 0 Å². The second kappa shape index (κ2) is 14.6. The Kier molecular flexibility index (Phi) is 12.8. The number of carbonyl (C=O) groups is 9. The smallest absolute Gasteiger partial charge is 0.326 e. The van der Waals surface area contributed by atoms with Crippen LogP contribution in [-0.4, -0.2) is 97.9 Å². The van der Waals surface area contributed by atoms with Gasteiger partial charge in [-0.25, -0.2) is 19.2 Å². The SMILES string of the molecule is CC(=O)CC(NC(=O)CC(NC(=O)CC(NC(=O)CC(NC(C)=O)C(=O)O)C(=O)O)C(=O)O)C(=O)O. The van der Waals surface area contributed by atoms with Gasteiger partial charge in [-0.1, -0.05) is 0 Å². The molecule has 17 nitrogen and oxygen atoms in total. The van der Waals surface area contributed by atoms with Gasteiger partial charge in [0.2, 0.25) is 23.6 Å². The molecule has 36 heavy (non-hydrogen) atoms. The minimum Gasteiger partial charge on any atom is -0.480 e. The molecule has 0 aliphatic carbocycles. The minimum absolute atomic E-state index is 0.570. The van der Waals surface area contributed by atoms with Crippen LogP contribution in [0.3, 0.4) is 0 Å². The lowest BCUT2D eigenvalue weighted by Crippen LogP contribution is -2.51. The van der Waals surface area contributed by atoms with Crippen molar-refractivity contribution in [2.75, 3.05) is 0 Å². The lowest BCUT2D eigenvalue weighted by molar-refractivity contribution is -0.146. The van der Waals surface area contributed by atoms with Gasteiger partial charge in [0, 0.05) is 13.3 Å². The van der Waals surface area contributed by atoms with Crippen molar-refractivity contribution in [1.82, 2.24) is 21.3 Å². The van der Waals surface area contributed by atoms with Gasteiger partial charge >= 0.3 is 23.9 Å². The molecule has 17 heteroatoms. The Morgan fingerprint density at radius 1 is 0.472 bits per heavy atom. The van der Waals surface area contributed by atoms with Gasteiger partial charge < -0.3 is 41.7 Å². The fraction of sp³-hybridized carbons (Fsp3) is 0.526. The summed E-state index contributed by atoms with van der Waals surface area (Å²) in [5.41, 5.74) is 0. The van der Waals surface area contributed by atoms with Crippen LogP contribution in [0, 0.1) is 0 Å². The van der Waals surface area contributed by atoms with Crippen LogP contribution in [0.25, 0.3) is 0 Å². The first-order valence-corrected chi connectivity index (χ1v) is 10.1. The summed E-state index contributed by atoms with van der Waals surface area (Å²) in [6.07, 6.45) is -3.44. The van der Waals surface area contributed by atoms with Crippen molar-refractivity contribution in [3.63, 3.8) is 0 Å². The third-order valence-corrected chi connectivity index (χ3v) is 4.24. The summed E-state index contributed by atoms with van der Waals surface area (Å²) in [6, 6.07) is -7.18. The Morgan fingerprint density at radius 3 is 0.944 bits per heavy atom. The first-order valence-electron chi connectivity index (χ1n) is 10.1. The predicted octanol–water partition coefficient (Wildman–Crippen LogP) is -3.57. The number of nitrogens with one attached hydrogen (secondary N) is 4. The summed E-state index contributed by atoms with van der Waals surface area (Å²) in [7, 11) is 0. The van der Waals surface area contributed by atoms with Crippen LogP contribution in [0.5, 0.6) is 0 Å². The normalized spacial score (nSPS) is 13.6. The fourth-order valence-electron chi connectivity index (χ4n) is 2.65. The highest BCUT2D eigenvalue weighted by Crippen LogP contribution is 2.02. The zero-order valence-electron chi connectivity index (χ0n) is 19.1. The Hall–Kier alpha value is -4.57. The number of carbonyl (C=O) groups excluding carboxylic acids is 5. The third kappa shape index (κ3) is 12.6. The Labute approximate surface area is 202 Å². The molecule has 4 atom stereocenters. The largest absolute Gasteiger partial charge is 0.480 e. The zero-order valence-corrected chi connectivity index (χ0v) is 19.1. The van der Waals surface area contributed by atoms with Crippen LogP contribution >= 0.6 is 0 Å². The number of hydrogen-bond acceptors (Lipinski definition) is 9. The van der Waals surface area contributed by atoms with E-state index in [1.54, 1.807) is 0 Å². The van der Waals surface area contributed by atoms with Crippen LogP contribution < -0.4 is 21.3 Å². The average Bonchev–Trinajstić information content (AvgIpc) is 2.70. The maximum Gasteiger partial charge on any atom is 0.326 e. The van der Waals surface area contributed by atoms with Crippen molar-refractivity contribution in [3.05, 3.63) is 0 Å². The maximum absolute atomic E-state index is 12.2. The zero-order chi connectivity index (χ0) is 28.2. The van der Waals surface area contributed by atoms with E-state index in [-0.39, 0.29) is 0 Å². The molecule has 0 bridgehead atoms. The number of ketones is 1. The summed E-state index contributed by atoms with van der Waals surface area (Å²) in [6.45, 7) is 2.06. The van der Waals surface area contributed by atoms with E-state index < -0.39 is 103 Å². The number of amides is 4. The van der Waals surface area contributed by atoms with Gasteiger partial charge in [0.25, 0.3) is 0 Å². The topological polar surface area (TPSA) is 283 Å². The van der Waals surface area contributed by atoms with Gasteiger partial charge in [-0.05, 0) is 6.92 Å². The monoisotopic (exact) mass is 518 g/mol. The van der Waals surface area contributed by atoms with Crippen molar-refractivity contribution in [1.29, 1.82) is 0 Å². The number of Topliss-reactive ketones (excluding diaryl/α,β-unsaturated/α-hetero) is 1.